The number of rotatable bonds is 3. The molecule has 6 heteroatoms. The molecule has 1 aliphatic rings. The van der Waals surface area contributed by atoms with E-state index in [0.717, 1.165) is 18.4 Å². The van der Waals surface area contributed by atoms with Gasteiger partial charge in [0.25, 0.3) is 5.56 Å². The minimum Gasteiger partial charge on any atom is -0.284 e. The van der Waals surface area contributed by atoms with Gasteiger partial charge in [-0.2, -0.15) is 0 Å². The molecule has 0 unspecified atom stereocenters. The summed E-state index contributed by atoms with van der Waals surface area (Å²) in [7, 11) is -3.71. The zero-order chi connectivity index (χ0) is 14.3. The first-order valence-corrected chi connectivity index (χ1v) is 7.85. The quantitative estimate of drug-likeness (QED) is 0.926. The predicted octanol–water partition coefficient (Wildman–Crippen LogP) is 1.36. The van der Waals surface area contributed by atoms with Crippen LogP contribution in [-0.4, -0.2) is 13.0 Å². The SMILES string of the molecule is NS(=O)(=O)c1ccc(-n2cc(C3CC3)ccc2=O)cc1. The zero-order valence-corrected chi connectivity index (χ0v) is 11.5. The second kappa shape index (κ2) is 4.57. The molecule has 20 heavy (non-hydrogen) atoms. The van der Waals surface area contributed by atoms with E-state index in [0.29, 0.717) is 11.6 Å². The van der Waals surface area contributed by atoms with Crippen LogP contribution in [0.25, 0.3) is 5.69 Å². The first-order chi connectivity index (χ1) is 9.45. The standard InChI is InChI=1S/C14H14N2O3S/c15-20(18,19)13-6-4-12(5-7-13)16-9-11(10-1-2-10)3-8-14(16)17/h3-10H,1-2H2,(H2,15,18,19). The summed E-state index contributed by atoms with van der Waals surface area (Å²) in [6.07, 6.45) is 4.14. The minimum absolute atomic E-state index is 0.0349. The summed E-state index contributed by atoms with van der Waals surface area (Å²) >= 11 is 0. The van der Waals surface area contributed by atoms with Gasteiger partial charge in [0.05, 0.1) is 4.90 Å². The number of aromatic nitrogens is 1. The van der Waals surface area contributed by atoms with Crippen molar-refractivity contribution in [2.45, 2.75) is 23.7 Å². The predicted molar refractivity (Wildman–Crippen MR) is 75.4 cm³/mol. The first kappa shape index (κ1) is 13.1. The average Bonchev–Trinajstić information content (AvgIpc) is 3.23. The van der Waals surface area contributed by atoms with Gasteiger partial charge in [0, 0.05) is 18.0 Å². The topological polar surface area (TPSA) is 82.2 Å². The Morgan fingerprint density at radius 1 is 1.05 bits per heavy atom. The van der Waals surface area contributed by atoms with Crippen LogP contribution in [0.1, 0.15) is 24.3 Å². The second-order valence-corrected chi connectivity index (χ2v) is 6.55. The van der Waals surface area contributed by atoms with Crippen molar-refractivity contribution in [1.82, 2.24) is 4.57 Å². The van der Waals surface area contributed by atoms with Gasteiger partial charge in [-0.1, -0.05) is 6.07 Å². The number of sulfonamides is 1. The fraction of sp³-hybridized carbons (Fsp3) is 0.214. The van der Waals surface area contributed by atoms with Gasteiger partial charge in [-0.05, 0) is 48.6 Å². The fourth-order valence-corrected chi connectivity index (χ4v) is 2.68. The van der Waals surface area contributed by atoms with Crippen molar-refractivity contribution in [3.63, 3.8) is 0 Å². The van der Waals surface area contributed by atoms with Gasteiger partial charge in [-0.3, -0.25) is 9.36 Å². The lowest BCUT2D eigenvalue weighted by atomic mass is 10.2. The maximum atomic E-state index is 11.9. The van der Waals surface area contributed by atoms with E-state index in [-0.39, 0.29) is 10.5 Å². The van der Waals surface area contributed by atoms with E-state index in [2.05, 4.69) is 0 Å². The van der Waals surface area contributed by atoms with Gasteiger partial charge in [-0.25, -0.2) is 13.6 Å². The maximum absolute atomic E-state index is 11.9. The molecule has 1 aliphatic carbocycles. The van der Waals surface area contributed by atoms with Crippen LogP contribution in [0.15, 0.2) is 52.3 Å². The smallest absolute Gasteiger partial charge is 0.255 e. The van der Waals surface area contributed by atoms with E-state index in [9.17, 15) is 13.2 Å². The van der Waals surface area contributed by atoms with Crippen LogP contribution in [-0.2, 0) is 10.0 Å². The molecule has 0 saturated heterocycles. The highest BCUT2D eigenvalue weighted by Crippen LogP contribution is 2.39. The molecule has 1 fully saturated rings. The molecule has 0 bridgehead atoms. The van der Waals surface area contributed by atoms with Crippen molar-refractivity contribution in [1.29, 1.82) is 0 Å². The highest BCUT2D eigenvalue weighted by molar-refractivity contribution is 7.89. The summed E-state index contributed by atoms with van der Waals surface area (Å²) in [5, 5.41) is 5.05. The van der Waals surface area contributed by atoms with Crippen LogP contribution in [0, 0.1) is 0 Å². The van der Waals surface area contributed by atoms with Crippen molar-refractivity contribution in [2.75, 3.05) is 0 Å². The van der Waals surface area contributed by atoms with E-state index < -0.39 is 10.0 Å². The third-order valence-electron chi connectivity index (χ3n) is 3.43. The zero-order valence-electron chi connectivity index (χ0n) is 10.7. The van der Waals surface area contributed by atoms with Crippen LogP contribution in [0.5, 0.6) is 0 Å². The van der Waals surface area contributed by atoms with Gasteiger partial charge < -0.3 is 0 Å². The first-order valence-electron chi connectivity index (χ1n) is 6.31. The summed E-state index contributed by atoms with van der Waals surface area (Å²) in [5.74, 6) is 0.547. The molecule has 0 spiro atoms. The Kier molecular flexibility index (Phi) is 2.99. The van der Waals surface area contributed by atoms with Crippen LogP contribution in [0.2, 0.25) is 0 Å². The number of nitrogens with two attached hydrogens (primary N) is 1. The Labute approximate surface area is 116 Å². The van der Waals surface area contributed by atoms with Crippen LogP contribution < -0.4 is 10.7 Å². The third kappa shape index (κ3) is 2.52. The lowest BCUT2D eigenvalue weighted by Crippen LogP contribution is -2.17. The molecule has 5 nitrogen and oxygen atoms in total. The van der Waals surface area contributed by atoms with E-state index in [1.165, 1.54) is 16.7 Å². The summed E-state index contributed by atoms with van der Waals surface area (Å²) in [5.41, 5.74) is 1.63. The Hall–Kier alpha value is -1.92. The molecule has 0 radical (unpaired) electrons. The normalized spacial score (nSPS) is 15.2. The number of pyridine rings is 1. The van der Waals surface area contributed by atoms with Gasteiger partial charge in [-0.15, -0.1) is 0 Å². The largest absolute Gasteiger partial charge is 0.284 e. The van der Waals surface area contributed by atoms with Gasteiger partial charge >= 0.3 is 0 Å². The Morgan fingerprint density at radius 2 is 1.70 bits per heavy atom. The van der Waals surface area contributed by atoms with E-state index in [1.807, 2.05) is 12.3 Å². The van der Waals surface area contributed by atoms with Gasteiger partial charge in [0.1, 0.15) is 0 Å². The fourth-order valence-electron chi connectivity index (χ4n) is 2.16. The number of nitrogens with zero attached hydrogens (tertiary/aromatic N) is 1. The highest BCUT2D eigenvalue weighted by Gasteiger charge is 2.24. The van der Waals surface area contributed by atoms with Crippen molar-refractivity contribution in [3.8, 4) is 5.69 Å². The highest BCUT2D eigenvalue weighted by atomic mass is 32.2. The molecular formula is C14H14N2O3S. The van der Waals surface area contributed by atoms with E-state index in [4.69, 9.17) is 5.14 Å². The molecule has 1 aromatic carbocycles. The summed E-state index contributed by atoms with van der Waals surface area (Å²) in [6.45, 7) is 0. The van der Waals surface area contributed by atoms with E-state index >= 15 is 0 Å². The third-order valence-corrected chi connectivity index (χ3v) is 4.36. The monoisotopic (exact) mass is 290 g/mol. The number of primary sulfonamides is 1. The molecule has 2 N–H and O–H groups in total. The van der Waals surface area contributed by atoms with Crippen molar-refractivity contribution in [3.05, 3.63) is 58.5 Å². The molecule has 104 valence electrons. The average molecular weight is 290 g/mol. The second-order valence-electron chi connectivity index (χ2n) is 4.98. The molecule has 0 atom stereocenters. The number of hydrogen-bond acceptors (Lipinski definition) is 3. The van der Waals surface area contributed by atoms with Crippen molar-refractivity contribution >= 4 is 10.0 Å². The maximum Gasteiger partial charge on any atom is 0.255 e. The van der Waals surface area contributed by atoms with Crippen molar-refractivity contribution in [2.24, 2.45) is 5.14 Å². The van der Waals surface area contributed by atoms with E-state index in [1.54, 1.807) is 18.2 Å². The molecule has 0 amide bonds. The Morgan fingerprint density at radius 3 is 2.25 bits per heavy atom. The molecule has 2 aromatic rings. The molecule has 1 aromatic heterocycles. The Balaban J connectivity index is 2.04. The lowest BCUT2D eigenvalue weighted by Gasteiger charge is -2.08. The molecule has 0 aliphatic heterocycles. The molecule has 1 saturated carbocycles. The summed E-state index contributed by atoms with van der Waals surface area (Å²) < 4.78 is 23.9. The number of benzene rings is 1. The van der Waals surface area contributed by atoms with Crippen LogP contribution in [0.4, 0.5) is 0 Å². The van der Waals surface area contributed by atoms with Crippen LogP contribution >= 0.6 is 0 Å². The summed E-state index contributed by atoms with van der Waals surface area (Å²) in [6, 6.07) is 9.37. The van der Waals surface area contributed by atoms with Crippen LogP contribution in [0.3, 0.4) is 0 Å². The molecule has 1 heterocycles. The van der Waals surface area contributed by atoms with Gasteiger partial charge in [0.2, 0.25) is 10.0 Å². The van der Waals surface area contributed by atoms with Crippen molar-refractivity contribution < 1.29 is 8.42 Å². The number of hydrogen-bond donors (Lipinski definition) is 1. The molecule has 3 rings (SSSR count). The molecular weight excluding hydrogens is 276 g/mol. The summed E-state index contributed by atoms with van der Waals surface area (Å²) in [4.78, 5) is 12.0. The minimum atomic E-state index is -3.71. The Bertz CT molecular complexity index is 803. The van der Waals surface area contributed by atoms with Gasteiger partial charge in [0.15, 0.2) is 0 Å². The lowest BCUT2D eigenvalue weighted by molar-refractivity contribution is 0.598.